The molecule has 0 fully saturated rings. The molecule has 2 N–H and O–H groups in total. The second-order valence-corrected chi connectivity index (χ2v) is 5.58. The van der Waals surface area contributed by atoms with Crippen molar-refractivity contribution >= 4 is 23.5 Å². The molecule has 0 aliphatic rings. The maximum absolute atomic E-state index is 11.4. The summed E-state index contributed by atoms with van der Waals surface area (Å²) < 4.78 is 4.80. The zero-order valence-electron chi connectivity index (χ0n) is 13.4. The highest BCUT2D eigenvalue weighted by Gasteiger charge is 2.19. The molecule has 1 heterocycles. The minimum Gasteiger partial charge on any atom is -0.463 e. The fraction of sp³-hybridized carbons (Fsp3) is 0.111. The Morgan fingerprint density at radius 1 is 1.28 bits per heavy atom. The lowest BCUT2D eigenvalue weighted by Gasteiger charge is -2.11. The van der Waals surface area contributed by atoms with Crippen LogP contribution in [-0.4, -0.2) is 17.6 Å². The van der Waals surface area contributed by atoms with Crippen LogP contribution in [-0.2, 0) is 9.53 Å². The van der Waals surface area contributed by atoms with E-state index < -0.39 is 5.97 Å². The van der Waals surface area contributed by atoms with Gasteiger partial charge in [-0.25, -0.2) is 9.78 Å². The van der Waals surface area contributed by atoms with Crippen molar-refractivity contribution in [2.24, 2.45) is 0 Å². The van der Waals surface area contributed by atoms with E-state index in [1.165, 1.54) is 11.5 Å². The molecule has 0 spiro atoms. The molecule has 0 aliphatic carbocycles. The summed E-state index contributed by atoms with van der Waals surface area (Å²) >= 11 is 1.06. The van der Waals surface area contributed by atoms with Crippen LogP contribution >= 0.6 is 11.8 Å². The average Bonchev–Trinajstić information content (AvgIpc) is 2.62. The fourth-order valence-electron chi connectivity index (χ4n) is 2.12. The molecule has 7 heteroatoms. The molecule has 0 amide bonds. The number of carbonyl (C=O) groups excluding carboxylic acids is 1. The first-order chi connectivity index (χ1) is 12.1. The number of carbonyl (C=O) groups is 1. The maximum atomic E-state index is 11.4. The second-order valence-electron chi connectivity index (χ2n) is 4.69. The van der Waals surface area contributed by atoms with Gasteiger partial charge in [0.05, 0.1) is 12.2 Å². The molecule has 0 aliphatic heterocycles. The predicted octanol–water partition coefficient (Wildman–Crippen LogP) is 3.24. The van der Waals surface area contributed by atoms with E-state index in [-0.39, 0.29) is 23.6 Å². The number of nitrogens with two attached hydrogens (primary N) is 1. The van der Waals surface area contributed by atoms with Crippen molar-refractivity contribution in [3.8, 4) is 23.3 Å². The third-order valence-electron chi connectivity index (χ3n) is 3.15. The van der Waals surface area contributed by atoms with E-state index in [4.69, 9.17) is 10.5 Å². The largest absolute Gasteiger partial charge is 0.463 e. The van der Waals surface area contributed by atoms with E-state index in [0.717, 1.165) is 11.8 Å². The fourth-order valence-corrected chi connectivity index (χ4v) is 2.85. The average molecular weight is 350 g/mol. The highest BCUT2D eigenvalue weighted by atomic mass is 32.2. The highest BCUT2D eigenvalue weighted by Crippen LogP contribution is 2.35. The van der Waals surface area contributed by atoms with Gasteiger partial charge in [-0.15, -0.1) is 0 Å². The number of anilines is 1. The quantitative estimate of drug-likeness (QED) is 0.500. The Bertz CT molecular complexity index is 896. The Balaban J connectivity index is 2.53. The number of rotatable bonds is 5. The van der Waals surface area contributed by atoms with Gasteiger partial charge in [-0.05, 0) is 17.9 Å². The number of thioether (sulfide) groups is 1. The number of nitrogen functional groups attached to an aromatic ring is 1. The van der Waals surface area contributed by atoms with Gasteiger partial charge < -0.3 is 10.5 Å². The van der Waals surface area contributed by atoms with Gasteiger partial charge in [-0.3, -0.25) is 0 Å². The normalized spacial score (nSPS) is 10.2. The van der Waals surface area contributed by atoms with Gasteiger partial charge in [-0.1, -0.05) is 42.1 Å². The monoisotopic (exact) mass is 350 g/mol. The summed E-state index contributed by atoms with van der Waals surface area (Å²) in [5.41, 5.74) is 7.42. The molecular formula is C18H14N4O2S. The van der Waals surface area contributed by atoms with Gasteiger partial charge in [0.15, 0.2) is 0 Å². The molecule has 0 bridgehead atoms. The predicted molar refractivity (Wildman–Crippen MR) is 95.1 cm³/mol. The van der Waals surface area contributed by atoms with Crippen LogP contribution in [0.15, 0.2) is 46.8 Å². The van der Waals surface area contributed by atoms with E-state index in [9.17, 15) is 15.3 Å². The van der Waals surface area contributed by atoms with Crippen LogP contribution in [0.25, 0.3) is 11.1 Å². The van der Waals surface area contributed by atoms with Crippen LogP contribution in [0.4, 0.5) is 5.82 Å². The molecule has 1 aromatic heterocycles. The number of pyridine rings is 1. The van der Waals surface area contributed by atoms with Gasteiger partial charge in [-0.2, -0.15) is 10.5 Å². The summed E-state index contributed by atoms with van der Waals surface area (Å²) in [6, 6.07) is 13.1. The zero-order chi connectivity index (χ0) is 18.2. The molecule has 2 rings (SSSR count). The molecule has 0 radical (unpaired) electrons. The molecule has 0 saturated heterocycles. The Hall–Kier alpha value is -3.29. The summed E-state index contributed by atoms with van der Waals surface area (Å²) in [5, 5.41) is 20.8. The molecule has 0 unspecified atom stereocenters. The smallest absolute Gasteiger partial charge is 0.331 e. The maximum Gasteiger partial charge on any atom is 0.331 e. The van der Waals surface area contributed by atoms with E-state index in [1.54, 1.807) is 19.1 Å². The SMILES string of the molecule is CCOC(=O)/C=C\Sc1nc(N)c(C#N)c(-c2ccccc2)c1C#N. The van der Waals surface area contributed by atoms with Crippen molar-refractivity contribution in [2.45, 2.75) is 11.9 Å². The highest BCUT2D eigenvalue weighted by molar-refractivity contribution is 8.02. The van der Waals surface area contributed by atoms with Gasteiger partial charge in [0, 0.05) is 11.6 Å². The van der Waals surface area contributed by atoms with Crippen LogP contribution in [0.3, 0.4) is 0 Å². The molecule has 6 nitrogen and oxygen atoms in total. The standard InChI is InChI=1S/C18H14N4O2S/c1-2-24-15(23)8-9-25-18-14(11-20)16(12-6-4-3-5-7-12)13(10-19)17(21)22-18/h3-9H,2H2,1H3,(H2,21,22)/b9-8-. The summed E-state index contributed by atoms with van der Waals surface area (Å²) in [4.78, 5) is 15.5. The number of ether oxygens (including phenoxy) is 1. The molecule has 0 atom stereocenters. The van der Waals surface area contributed by atoms with Gasteiger partial charge in [0.2, 0.25) is 0 Å². The van der Waals surface area contributed by atoms with E-state index in [1.807, 2.05) is 24.3 Å². The summed E-state index contributed by atoms with van der Waals surface area (Å²) in [6.07, 6.45) is 1.24. The molecular weight excluding hydrogens is 336 g/mol. The van der Waals surface area contributed by atoms with Gasteiger partial charge in [0.1, 0.15) is 28.5 Å². The molecule has 1 aromatic carbocycles. The van der Waals surface area contributed by atoms with E-state index in [0.29, 0.717) is 16.2 Å². The van der Waals surface area contributed by atoms with Crippen molar-refractivity contribution < 1.29 is 9.53 Å². The summed E-state index contributed by atoms with van der Waals surface area (Å²) in [5.74, 6) is -0.453. The Labute approximate surface area is 149 Å². The van der Waals surface area contributed by atoms with Crippen LogP contribution in [0, 0.1) is 22.7 Å². The first-order valence-electron chi connectivity index (χ1n) is 7.31. The molecule has 2 aromatic rings. The second kappa shape index (κ2) is 8.53. The van der Waals surface area contributed by atoms with E-state index >= 15 is 0 Å². The topological polar surface area (TPSA) is 113 Å². The van der Waals surface area contributed by atoms with Crippen molar-refractivity contribution in [1.29, 1.82) is 10.5 Å². The first-order valence-corrected chi connectivity index (χ1v) is 8.19. The van der Waals surface area contributed by atoms with Crippen LogP contribution in [0.1, 0.15) is 18.1 Å². The molecule has 25 heavy (non-hydrogen) atoms. The third-order valence-corrected chi connectivity index (χ3v) is 3.94. The van der Waals surface area contributed by atoms with Crippen molar-refractivity contribution in [2.75, 3.05) is 12.3 Å². The minimum absolute atomic E-state index is 0.0346. The number of hydrogen-bond acceptors (Lipinski definition) is 7. The third kappa shape index (κ3) is 4.17. The van der Waals surface area contributed by atoms with Gasteiger partial charge in [0.25, 0.3) is 0 Å². The number of aromatic nitrogens is 1. The number of nitriles is 2. The zero-order valence-corrected chi connectivity index (χ0v) is 14.2. The lowest BCUT2D eigenvalue weighted by molar-refractivity contribution is -0.137. The van der Waals surface area contributed by atoms with Crippen LogP contribution < -0.4 is 5.73 Å². The first kappa shape index (κ1) is 18.1. The Morgan fingerprint density at radius 3 is 2.56 bits per heavy atom. The molecule has 124 valence electrons. The van der Waals surface area contributed by atoms with E-state index in [2.05, 4.69) is 11.1 Å². The number of hydrogen-bond donors (Lipinski definition) is 1. The van der Waals surface area contributed by atoms with Crippen molar-refractivity contribution in [3.63, 3.8) is 0 Å². The van der Waals surface area contributed by atoms with Gasteiger partial charge >= 0.3 is 5.97 Å². The lowest BCUT2D eigenvalue weighted by atomic mass is 9.97. The number of benzene rings is 1. The number of nitrogens with zero attached hydrogens (tertiary/aromatic N) is 3. The summed E-state index contributed by atoms with van der Waals surface area (Å²) in [7, 11) is 0. The molecule has 0 saturated carbocycles. The van der Waals surface area contributed by atoms with Crippen LogP contribution in [0.5, 0.6) is 0 Å². The van der Waals surface area contributed by atoms with Crippen LogP contribution in [0.2, 0.25) is 0 Å². The number of esters is 1. The van der Waals surface area contributed by atoms with Crippen molar-refractivity contribution in [1.82, 2.24) is 4.98 Å². The van der Waals surface area contributed by atoms with Crippen molar-refractivity contribution in [3.05, 3.63) is 52.9 Å². The minimum atomic E-state index is -0.488. The Morgan fingerprint density at radius 2 is 1.96 bits per heavy atom. The lowest BCUT2D eigenvalue weighted by Crippen LogP contribution is -2.03. The Kier molecular flexibility index (Phi) is 6.16. The summed E-state index contributed by atoms with van der Waals surface area (Å²) in [6.45, 7) is 1.99.